The van der Waals surface area contributed by atoms with E-state index in [4.69, 9.17) is 11.5 Å². The van der Waals surface area contributed by atoms with Gasteiger partial charge in [0.1, 0.15) is 0 Å². The van der Waals surface area contributed by atoms with Crippen molar-refractivity contribution in [2.75, 3.05) is 13.1 Å². The van der Waals surface area contributed by atoms with Gasteiger partial charge in [0.15, 0.2) is 0 Å². The van der Waals surface area contributed by atoms with E-state index in [1.807, 2.05) is 12.2 Å². The van der Waals surface area contributed by atoms with Gasteiger partial charge >= 0.3 is 132 Å². The van der Waals surface area contributed by atoms with Crippen LogP contribution in [0.5, 0.6) is 0 Å². The number of hydrogen-bond donors (Lipinski definition) is 2. The van der Waals surface area contributed by atoms with Gasteiger partial charge in [-0.2, -0.15) is 0 Å². The molecule has 0 saturated heterocycles. The van der Waals surface area contributed by atoms with Crippen molar-refractivity contribution >= 4 is 19.7 Å². The second-order valence-corrected chi connectivity index (χ2v) is 11.1. The van der Waals surface area contributed by atoms with Crippen LogP contribution in [0, 0.1) is 0 Å². The van der Waals surface area contributed by atoms with E-state index >= 15 is 0 Å². The molecule has 0 aromatic carbocycles. The maximum atomic E-state index is 11.9. The van der Waals surface area contributed by atoms with Crippen molar-refractivity contribution in [1.82, 2.24) is 0 Å². The number of allylic oxidation sites excluding steroid dienone is 2. The first-order valence-electron chi connectivity index (χ1n) is 8.03. The molecule has 20 heavy (non-hydrogen) atoms. The summed E-state index contributed by atoms with van der Waals surface area (Å²) >= 11 is -2.20. The second-order valence-electron chi connectivity index (χ2n) is 5.15. The van der Waals surface area contributed by atoms with E-state index in [1.165, 1.54) is 25.7 Å². The SMILES string of the molecule is NCC=CCCCC[CH2][Sn](=[O])[CH2]CCCCC=CCN. The van der Waals surface area contributed by atoms with Crippen LogP contribution in [-0.4, -0.2) is 32.8 Å². The molecule has 0 aliphatic carbocycles. The van der Waals surface area contributed by atoms with Crippen LogP contribution in [0.1, 0.15) is 51.4 Å². The molecule has 0 unspecified atom stereocenters. The van der Waals surface area contributed by atoms with Crippen LogP contribution in [-0.2, 0) is 3.08 Å². The summed E-state index contributed by atoms with van der Waals surface area (Å²) in [6.07, 6.45) is 17.7. The monoisotopic (exact) mass is 388 g/mol. The van der Waals surface area contributed by atoms with Crippen LogP contribution in [0.3, 0.4) is 0 Å². The summed E-state index contributed by atoms with van der Waals surface area (Å²) in [5.74, 6) is 0. The summed E-state index contributed by atoms with van der Waals surface area (Å²) in [5, 5.41) is 0. The fourth-order valence-electron chi connectivity index (χ4n) is 2.08. The molecule has 0 heterocycles. The van der Waals surface area contributed by atoms with Crippen LogP contribution in [0.4, 0.5) is 0 Å². The van der Waals surface area contributed by atoms with Gasteiger partial charge in [-0.05, 0) is 0 Å². The first-order valence-corrected chi connectivity index (χ1v) is 13.2. The first kappa shape index (κ1) is 20.0. The molecular formula is C16H32N2OSn. The summed E-state index contributed by atoms with van der Waals surface area (Å²) in [4.78, 5) is 0. The van der Waals surface area contributed by atoms with E-state index in [2.05, 4.69) is 12.2 Å². The number of unbranched alkanes of at least 4 members (excludes halogenated alkanes) is 6. The molecule has 0 atom stereocenters. The number of hydrogen-bond acceptors (Lipinski definition) is 3. The maximum absolute atomic E-state index is 11.9. The van der Waals surface area contributed by atoms with Gasteiger partial charge < -0.3 is 0 Å². The van der Waals surface area contributed by atoms with E-state index in [1.54, 1.807) is 0 Å². The topological polar surface area (TPSA) is 69.1 Å². The Morgan fingerprint density at radius 3 is 1.50 bits per heavy atom. The standard InChI is InChI=1S/2C8H16N.O.Sn/c2*1-2-3-4-5-6-7-8-9;;/h2*6-7H,1-5,8-9H2;;. The van der Waals surface area contributed by atoms with Crippen molar-refractivity contribution in [2.45, 2.75) is 60.2 Å². The third kappa shape index (κ3) is 16.1. The minimum absolute atomic E-state index is 0.639. The minimum atomic E-state index is -2.20. The zero-order valence-corrected chi connectivity index (χ0v) is 15.7. The fraction of sp³-hybridized carbons (Fsp3) is 0.750. The predicted octanol–water partition coefficient (Wildman–Crippen LogP) is 3.56. The Bertz CT molecular complexity index is 252. The number of nitrogens with two attached hydrogens (primary N) is 2. The van der Waals surface area contributed by atoms with Crippen molar-refractivity contribution in [3.8, 4) is 0 Å². The van der Waals surface area contributed by atoms with Gasteiger partial charge in [-0.3, -0.25) is 0 Å². The Balaban J connectivity index is 3.24. The van der Waals surface area contributed by atoms with E-state index in [9.17, 15) is 3.08 Å². The van der Waals surface area contributed by atoms with Gasteiger partial charge in [0, 0.05) is 0 Å². The molecule has 0 fully saturated rings. The van der Waals surface area contributed by atoms with Gasteiger partial charge in [0.05, 0.1) is 0 Å². The molecule has 0 radical (unpaired) electrons. The van der Waals surface area contributed by atoms with Crippen molar-refractivity contribution in [2.24, 2.45) is 11.5 Å². The van der Waals surface area contributed by atoms with Crippen molar-refractivity contribution < 1.29 is 3.08 Å². The van der Waals surface area contributed by atoms with E-state index in [0.29, 0.717) is 13.1 Å². The summed E-state index contributed by atoms with van der Waals surface area (Å²) in [7, 11) is 0. The molecule has 0 bridgehead atoms. The Morgan fingerprint density at radius 2 is 1.10 bits per heavy atom. The Labute approximate surface area is 132 Å². The van der Waals surface area contributed by atoms with Gasteiger partial charge in [0.25, 0.3) is 0 Å². The molecule has 4 N–H and O–H groups in total. The van der Waals surface area contributed by atoms with Crippen LogP contribution in [0.25, 0.3) is 0 Å². The molecule has 0 aliphatic heterocycles. The first-order chi connectivity index (χ1) is 9.81. The van der Waals surface area contributed by atoms with Crippen molar-refractivity contribution in [3.05, 3.63) is 24.3 Å². The van der Waals surface area contributed by atoms with Crippen molar-refractivity contribution in [1.29, 1.82) is 0 Å². The molecule has 0 aromatic heterocycles. The molecule has 3 nitrogen and oxygen atoms in total. The Kier molecular flexibility index (Phi) is 17.1. The zero-order chi connectivity index (χ0) is 14.9. The third-order valence-electron chi connectivity index (χ3n) is 3.26. The molecule has 0 aliphatic rings. The third-order valence-corrected chi connectivity index (χ3v) is 8.46. The van der Waals surface area contributed by atoms with Crippen LogP contribution >= 0.6 is 0 Å². The van der Waals surface area contributed by atoms with Gasteiger partial charge in [-0.15, -0.1) is 0 Å². The molecule has 0 spiro atoms. The Morgan fingerprint density at radius 1 is 0.650 bits per heavy atom. The molecular weight excluding hydrogens is 355 g/mol. The van der Waals surface area contributed by atoms with Crippen molar-refractivity contribution in [3.63, 3.8) is 0 Å². The summed E-state index contributed by atoms with van der Waals surface area (Å²) in [6.45, 7) is 1.28. The van der Waals surface area contributed by atoms with Crippen LogP contribution in [0.2, 0.25) is 8.87 Å². The van der Waals surface area contributed by atoms with Gasteiger partial charge in [-0.1, -0.05) is 0 Å². The second kappa shape index (κ2) is 17.1. The molecule has 0 aromatic rings. The summed E-state index contributed by atoms with van der Waals surface area (Å²) in [5.41, 5.74) is 10.7. The summed E-state index contributed by atoms with van der Waals surface area (Å²) in [6, 6.07) is 0. The molecule has 116 valence electrons. The average Bonchev–Trinajstić information content (AvgIpc) is 2.45. The van der Waals surface area contributed by atoms with E-state index in [-0.39, 0.29) is 0 Å². The van der Waals surface area contributed by atoms with Gasteiger partial charge in [0.2, 0.25) is 0 Å². The molecule has 0 saturated carbocycles. The Hall–Kier alpha value is -0.00130. The molecule has 4 heteroatoms. The van der Waals surface area contributed by atoms with Crippen LogP contribution in [0.15, 0.2) is 24.3 Å². The molecule has 0 amide bonds. The van der Waals surface area contributed by atoms with E-state index < -0.39 is 19.7 Å². The average molecular weight is 387 g/mol. The van der Waals surface area contributed by atoms with Crippen LogP contribution < -0.4 is 11.5 Å². The zero-order valence-electron chi connectivity index (χ0n) is 12.9. The predicted molar refractivity (Wildman–Crippen MR) is 89.4 cm³/mol. The summed E-state index contributed by atoms with van der Waals surface area (Å²) < 4.78 is 14.0. The fourth-order valence-corrected chi connectivity index (χ4v) is 6.47. The quantitative estimate of drug-likeness (QED) is 0.272. The van der Waals surface area contributed by atoms with Gasteiger partial charge in [-0.25, -0.2) is 0 Å². The molecule has 0 rings (SSSR count). The van der Waals surface area contributed by atoms with E-state index in [0.717, 1.165) is 34.6 Å². The normalized spacial score (nSPS) is 11.7. The number of rotatable bonds is 14.